The molecule has 1 saturated heterocycles. The lowest BCUT2D eigenvalue weighted by atomic mass is 10.3. The predicted octanol–water partition coefficient (Wildman–Crippen LogP) is -0.505. The van der Waals surface area contributed by atoms with Crippen molar-refractivity contribution in [3.63, 3.8) is 0 Å². The Kier molecular flexibility index (Phi) is 4.51. The van der Waals surface area contributed by atoms with Gasteiger partial charge in [0.15, 0.2) is 0 Å². The average Bonchev–Trinajstić information content (AvgIpc) is 2.78. The lowest BCUT2D eigenvalue weighted by molar-refractivity contribution is 0.122. The zero-order valence-electron chi connectivity index (χ0n) is 10.7. The number of nitrogen functional groups attached to an aromatic ring is 1. The van der Waals surface area contributed by atoms with Crippen molar-refractivity contribution in [2.24, 2.45) is 0 Å². The Hall–Kier alpha value is -1.45. The topological polar surface area (TPSA) is 102 Å². The van der Waals surface area contributed by atoms with Gasteiger partial charge in [-0.2, -0.15) is 4.98 Å². The fourth-order valence-electron chi connectivity index (χ4n) is 1.87. The summed E-state index contributed by atoms with van der Waals surface area (Å²) >= 11 is 4.90. The van der Waals surface area contributed by atoms with Crippen molar-refractivity contribution in [1.29, 1.82) is 0 Å². The van der Waals surface area contributed by atoms with Crippen molar-refractivity contribution >= 4 is 29.1 Å². The predicted molar refractivity (Wildman–Crippen MR) is 74.1 cm³/mol. The van der Waals surface area contributed by atoms with E-state index in [1.165, 1.54) is 4.68 Å². The van der Waals surface area contributed by atoms with E-state index in [9.17, 15) is 0 Å². The number of hydrogen-bond acceptors (Lipinski definition) is 7. The Bertz CT molecular complexity index is 445. The first-order chi connectivity index (χ1) is 9.13. The molecule has 1 atom stereocenters. The number of rotatable bonds is 5. The van der Waals surface area contributed by atoms with Crippen molar-refractivity contribution in [2.75, 3.05) is 50.7 Å². The molecule has 0 aromatic carbocycles. The summed E-state index contributed by atoms with van der Waals surface area (Å²) in [6.07, 6.45) is 0. The number of nitrogens with zero attached hydrogens (tertiary/aromatic N) is 4. The van der Waals surface area contributed by atoms with Gasteiger partial charge < -0.3 is 20.1 Å². The molecule has 1 fully saturated rings. The van der Waals surface area contributed by atoms with Crippen LogP contribution < -0.4 is 16.4 Å². The van der Waals surface area contributed by atoms with Gasteiger partial charge in [0.25, 0.3) is 0 Å². The Labute approximate surface area is 116 Å². The molecule has 0 saturated carbocycles. The summed E-state index contributed by atoms with van der Waals surface area (Å²) < 4.78 is 11.8. The van der Waals surface area contributed by atoms with Crippen molar-refractivity contribution < 1.29 is 9.47 Å². The van der Waals surface area contributed by atoms with Gasteiger partial charge in [-0.25, -0.2) is 4.68 Å². The summed E-state index contributed by atoms with van der Waals surface area (Å²) in [5.74, 6) is 0.774. The van der Waals surface area contributed by atoms with Gasteiger partial charge in [0.2, 0.25) is 11.9 Å². The highest BCUT2D eigenvalue weighted by Gasteiger charge is 2.23. The first-order valence-electron chi connectivity index (χ1n) is 5.92. The van der Waals surface area contributed by atoms with E-state index in [0.717, 1.165) is 13.1 Å². The smallest absolute Gasteiger partial charge is 0.246 e. The summed E-state index contributed by atoms with van der Waals surface area (Å²) in [6.45, 7) is 2.99. The summed E-state index contributed by atoms with van der Waals surface area (Å²) in [6, 6.07) is -0.498. The molecular weight excluding hydrogens is 268 g/mol. The molecule has 8 nitrogen and oxygen atoms in total. The first kappa shape index (κ1) is 14.0. The maximum Gasteiger partial charge on any atom is 0.246 e. The molecule has 1 aromatic heterocycles. The minimum absolute atomic E-state index is 0.0203. The van der Waals surface area contributed by atoms with Gasteiger partial charge in [0, 0.05) is 20.2 Å². The van der Waals surface area contributed by atoms with Crippen LogP contribution >= 0.6 is 12.2 Å². The van der Waals surface area contributed by atoms with Crippen LogP contribution in [0, 0.1) is 0 Å². The van der Waals surface area contributed by atoms with Crippen molar-refractivity contribution in [2.45, 2.75) is 6.04 Å². The Balaban J connectivity index is 2.21. The number of morpholine rings is 1. The molecule has 3 N–H and O–H groups in total. The first-order valence-corrected chi connectivity index (χ1v) is 6.33. The number of ether oxygens (including phenoxy) is 2. The lowest BCUT2D eigenvalue weighted by Gasteiger charge is -2.25. The second-order valence-electron chi connectivity index (χ2n) is 4.15. The van der Waals surface area contributed by atoms with E-state index in [1.807, 2.05) is 4.90 Å². The van der Waals surface area contributed by atoms with Crippen LogP contribution in [-0.4, -0.2) is 59.8 Å². The van der Waals surface area contributed by atoms with Gasteiger partial charge in [-0.3, -0.25) is 5.73 Å². The fraction of sp³-hybridized carbons (Fsp3) is 0.700. The van der Waals surface area contributed by atoms with Crippen LogP contribution in [0.4, 0.5) is 11.9 Å². The fourth-order valence-corrected chi connectivity index (χ4v) is 2.03. The number of aromatic nitrogens is 3. The van der Waals surface area contributed by atoms with E-state index in [2.05, 4.69) is 10.1 Å². The van der Waals surface area contributed by atoms with E-state index >= 15 is 0 Å². The van der Waals surface area contributed by atoms with E-state index in [4.69, 9.17) is 33.2 Å². The number of nitrogens with two attached hydrogens (primary N) is 1. The SMILES string of the molecule is COCC(C([NH])=S)n1nc(N2CCOCC2)nc1N. The molecule has 105 valence electrons. The Morgan fingerprint density at radius 3 is 2.84 bits per heavy atom. The minimum Gasteiger partial charge on any atom is -0.382 e. The monoisotopic (exact) mass is 285 g/mol. The van der Waals surface area contributed by atoms with E-state index in [0.29, 0.717) is 19.2 Å². The largest absolute Gasteiger partial charge is 0.382 e. The molecule has 9 heteroatoms. The Morgan fingerprint density at radius 1 is 1.58 bits per heavy atom. The molecule has 0 amide bonds. The van der Waals surface area contributed by atoms with Crippen LogP contribution in [0.1, 0.15) is 6.04 Å². The van der Waals surface area contributed by atoms with Crippen molar-refractivity contribution in [3.05, 3.63) is 0 Å². The standard InChI is InChI=1S/C10H17N6O2S/c1-17-6-7(8(11)19)16-9(12)13-10(14-16)15-2-4-18-5-3-15/h7,11H,2-6H2,1H3,(H2,12,13,14). The van der Waals surface area contributed by atoms with Crippen LogP contribution in [-0.2, 0) is 9.47 Å². The molecule has 1 aromatic rings. The van der Waals surface area contributed by atoms with Crippen LogP contribution in [0.5, 0.6) is 0 Å². The summed E-state index contributed by atoms with van der Waals surface area (Å²) in [5.41, 5.74) is 13.4. The highest BCUT2D eigenvalue weighted by Crippen LogP contribution is 2.18. The highest BCUT2D eigenvalue weighted by molar-refractivity contribution is 7.80. The number of nitrogens with one attached hydrogen (secondary N) is 1. The normalized spacial score (nSPS) is 17.4. The third-order valence-corrected chi connectivity index (χ3v) is 3.13. The number of methoxy groups -OCH3 is 1. The van der Waals surface area contributed by atoms with Crippen LogP contribution in [0.15, 0.2) is 0 Å². The molecule has 1 aliphatic rings. The molecular formula is C10H17N6O2S. The van der Waals surface area contributed by atoms with E-state index < -0.39 is 6.04 Å². The number of thiocarbonyl (C=S) groups is 1. The van der Waals surface area contributed by atoms with Crippen molar-refractivity contribution in [3.8, 4) is 0 Å². The van der Waals surface area contributed by atoms with Gasteiger partial charge in [-0.1, -0.05) is 12.2 Å². The molecule has 2 rings (SSSR count). The molecule has 1 radical (unpaired) electrons. The summed E-state index contributed by atoms with van der Waals surface area (Å²) in [4.78, 5) is 6.23. The minimum atomic E-state index is -0.498. The van der Waals surface area contributed by atoms with Gasteiger partial charge in [-0.05, 0) is 0 Å². The maximum absolute atomic E-state index is 7.60. The van der Waals surface area contributed by atoms with Gasteiger partial charge in [0.05, 0.1) is 19.8 Å². The summed E-state index contributed by atoms with van der Waals surface area (Å²) in [5, 5.41) is 4.34. The molecule has 0 aliphatic carbocycles. The zero-order chi connectivity index (χ0) is 13.8. The molecule has 2 heterocycles. The third-order valence-electron chi connectivity index (χ3n) is 2.86. The van der Waals surface area contributed by atoms with Gasteiger partial charge >= 0.3 is 0 Å². The van der Waals surface area contributed by atoms with Gasteiger partial charge in [0.1, 0.15) is 11.0 Å². The zero-order valence-corrected chi connectivity index (χ0v) is 11.5. The van der Waals surface area contributed by atoms with Gasteiger partial charge in [-0.15, -0.1) is 5.10 Å². The number of hydrogen-bond donors (Lipinski definition) is 1. The third kappa shape index (κ3) is 3.11. The van der Waals surface area contributed by atoms with Crippen LogP contribution in [0.2, 0.25) is 0 Å². The molecule has 1 aliphatic heterocycles. The van der Waals surface area contributed by atoms with Crippen LogP contribution in [0.25, 0.3) is 0 Å². The second kappa shape index (κ2) is 6.13. The highest BCUT2D eigenvalue weighted by atomic mass is 32.1. The molecule has 0 bridgehead atoms. The number of anilines is 2. The van der Waals surface area contributed by atoms with Crippen molar-refractivity contribution in [1.82, 2.24) is 20.5 Å². The molecule has 0 spiro atoms. The van der Waals surface area contributed by atoms with E-state index in [-0.39, 0.29) is 17.5 Å². The van der Waals surface area contributed by atoms with E-state index in [1.54, 1.807) is 7.11 Å². The lowest BCUT2D eigenvalue weighted by Crippen LogP contribution is -2.37. The van der Waals surface area contributed by atoms with Crippen LogP contribution in [0.3, 0.4) is 0 Å². The maximum atomic E-state index is 7.60. The second-order valence-corrected chi connectivity index (χ2v) is 4.59. The molecule has 19 heavy (non-hydrogen) atoms. The average molecular weight is 285 g/mol. The summed E-state index contributed by atoms with van der Waals surface area (Å²) in [7, 11) is 1.54. The molecule has 1 unspecified atom stereocenters. The quantitative estimate of drug-likeness (QED) is 0.727. The Morgan fingerprint density at radius 2 is 2.26 bits per heavy atom.